The molecule has 1 aromatic carbocycles. The minimum Gasteiger partial charge on any atom is -0.478 e. The summed E-state index contributed by atoms with van der Waals surface area (Å²) < 4.78 is 13.5. The predicted molar refractivity (Wildman–Crippen MR) is 59.7 cm³/mol. The van der Waals surface area contributed by atoms with Crippen LogP contribution in [0.1, 0.15) is 29.6 Å². The van der Waals surface area contributed by atoms with Gasteiger partial charge in [-0.1, -0.05) is 0 Å². The Labute approximate surface area is 102 Å². The van der Waals surface area contributed by atoms with Crippen molar-refractivity contribution in [1.82, 2.24) is 0 Å². The third-order valence-electron chi connectivity index (χ3n) is 2.72. The van der Waals surface area contributed by atoms with Crippen LogP contribution in [0.5, 0.6) is 0 Å². The van der Waals surface area contributed by atoms with E-state index in [1.807, 2.05) is 0 Å². The van der Waals surface area contributed by atoms with Gasteiger partial charge in [-0.2, -0.15) is 0 Å². The fraction of sp³-hybridized carbons (Fsp3) is 0.250. The van der Waals surface area contributed by atoms with Crippen LogP contribution in [0, 0.1) is 5.82 Å². The van der Waals surface area contributed by atoms with Gasteiger partial charge in [-0.05, 0) is 24.6 Å². The van der Waals surface area contributed by atoms with Gasteiger partial charge < -0.3 is 5.11 Å². The molecule has 0 radical (unpaired) electrons. The molecule has 6 heteroatoms. The van der Waals surface area contributed by atoms with Gasteiger partial charge in [-0.3, -0.25) is 14.5 Å². The number of carbonyl (C=O) groups is 3. The number of hydrogen-bond acceptors (Lipinski definition) is 3. The molecular formula is C12H10FNO4. The van der Waals surface area contributed by atoms with Crippen LogP contribution >= 0.6 is 0 Å². The van der Waals surface area contributed by atoms with Crippen LogP contribution in [0.3, 0.4) is 0 Å². The summed E-state index contributed by atoms with van der Waals surface area (Å²) in [6.45, 7) is 0. The monoisotopic (exact) mass is 251 g/mol. The van der Waals surface area contributed by atoms with Crippen molar-refractivity contribution in [3.8, 4) is 0 Å². The molecule has 1 heterocycles. The van der Waals surface area contributed by atoms with E-state index in [1.54, 1.807) is 0 Å². The molecule has 0 spiro atoms. The summed E-state index contributed by atoms with van der Waals surface area (Å²) in [5.74, 6) is -3.15. The van der Waals surface area contributed by atoms with Crippen molar-refractivity contribution in [2.75, 3.05) is 4.90 Å². The molecule has 2 amide bonds. The van der Waals surface area contributed by atoms with Gasteiger partial charge in [-0.15, -0.1) is 0 Å². The second kappa shape index (κ2) is 4.56. The van der Waals surface area contributed by atoms with Crippen LogP contribution in [0.2, 0.25) is 0 Å². The van der Waals surface area contributed by atoms with Crippen molar-refractivity contribution in [3.05, 3.63) is 29.6 Å². The fourth-order valence-electron chi connectivity index (χ4n) is 1.86. The first-order valence-corrected chi connectivity index (χ1v) is 5.39. The molecule has 1 aromatic rings. The molecule has 94 valence electrons. The van der Waals surface area contributed by atoms with Gasteiger partial charge in [0, 0.05) is 12.8 Å². The summed E-state index contributed by atoms with van der Waals surface area (Å²) in [7, 11) is 0. The lowest BCUT2D eigenvalue weighted by Crippen LogP contribution is -2.40. The Morgan fingerprint density at radius 1 is 1.22 bits per heavy atom. The molecule has 5 nitrogen and oxygen atoms in total. The summed E-state index contributed by atoms with van der Waals surface area (Å²) in [5.41, 5.74) is -0.414. The van der Waals surface area contributed by atoms with Crippen LogP contribution in [0.4, 0.5) is 10.1 Å². The summed E-state index contributed by atoms with van der Waals surface area (Å²) >= 11 is 0. The van der Waals surface area contributed by atoms with Crippen molar-refractivity contribution < 1.29 is 23.9 Å². The maximum absolute atomic E-state index is 13.5. The van der Waals surface area contributed by atoms with Crippen LogP contribution in [-0.4, -0.2) is 22.9 Å². The van der Waals surface area contributed by atoms with Crippen molar-refractivity contribution in [3.63, 3.8) is 0 Å². The zero-order valence-corrected chi connectivity index (χ0v) is 9.35. The summed E-state index contributed by atoms with van der Waals surface area (Å²) in [5, 5.41) is 8.68. The fourth-order valence-corrected chi connectivity index (χ4v) is 1.86. The topological polar surface area (TPSA) is 74.7 Å². The van der Waals surface area contributed by atoms with Gasteiger partial charge in [-0.25, -0.2) is 9.18 Å². The Morgan fingerprint density at radius 2 is 1.83 bits per heavy atom. The number of anilines is 1. The van der Waals surface area contributed by atoms with E-state index in [0.717, 1.165) is 17.0 Å². The Bertz CT molecular complexity index is 525. The van der Waals surface area contributed by atoms with E-state index >= 15 is 0 Å². The van der Waals surface area contributed by atoms with E-state index in [2.05, 4.69) is 0 Å². The van der Waals surface area contributed by atoms with Gasteiger partial charge >= 0.3 is 5.97 Å². The maximum atomic E-state index is 13.5. The highest BCUT2D eigenvalue weighted by Crippen LogP contribution is 2.24. The number of benzene rings is 1. The number of hydrogen-bond donors (Lipinski definition) is 1. The Morgan fingerprint density at radius 3 is 2.33 bits per heavy atom. The number of rotatable bonds is 2. The standard InChI is InChI=1S/C12H10FNO4/c13-9-6-7(4-5-8(9)12(17)18)14-10(15)2-1-3-11(14)16/h4-6H,1-3H2,(H,17,18). The second-order valence-electron chi connectivity index (χ2n) is 3.95. The molecule has 0 atom stereocenters. The van der Waals surface area contributed by atoms with Crippen LogP contribution in [-0.2, 0) is 9.59 Å². The largest absolute Gasteiger partial charge is 0.478 e. The van der Waals surface area contributed by atoms with Crippen LogP contribution < -0.4 is 4.90 Å². The second-order valence-corrected chi connectivity index (χ2v) is 3.95. The zero-order valence-electron chi connectivity index (χ0n) is 9.35. The molecule has 1 fully saturated rings. The van der Waals surface area contributed by atoms with Crippen molar-refractivity contribution in [2.24, 2.45) is 0 Å². The Hall–Kier alpha value is -2.24. The summed E-state index contributed by atoms with van der Waals surface area (Å²) in [6, 6.07) is 3.19. The lowest BCUT2D eigenvalue weighted by molar-refractivity contribution is -0.129. The molecule has 1 N–H and O–H groups in total. The first-order valence-electron chi connectivity index (χ1n) is 5.39. The Kier molecular flexibility index (Phi) is 3.10. The van der Waals surface area contributed by atoms with E-state index in [9.17, 15) is 18.8 Å². The number of carboxylic acid groups (broad SMARTS) is 1. The number of carbonyl (C=O) groups excluding carboxylic acids is 2. The zero-order chi connectivity index (χ0) is 13.3. The van der Waals surface area contributed by atoms with E-state index in [-0.39, 0.29) is 18.5 Å². The van der Waals surface area contributed by atoms with Gasteiger partial charge in [0.2, 0.25) is 11.8 Å². The number of aromatic carboxylic acids is 1. The molecule has 0 aliphatic carbocycles. The molecular weight excluding hydrogens is 241 g/mol. The molecule has 1 aliphatic rings. The van der Waals surface area contributed by atoms with E-state index in [0.29, 0.717) is 6.42 Å². The number of halogens is 1. The third-order valence-corrected chi connectivity index (χ3v) is 2.72. The molecule has 1 saturated heterocycles. The highest BCUT2D eigenvalue weighted by atomic mass is 19.1. The van der Waals surface area contributed by atoms with Gasteiger partial charge in [0.05, 0.1) is 11.3 Å². The number of nitrogens with zero attached hydrogens (tertiary/aromatic N) is 1. The van der Waals surface area contributed by atoms with E-state index in [4.69, 9.17) is 5.11 Å². The first kappa shape index (κ1) is 12.2. The smallest absolute Gasteiger partial charge is 0.338 e. The number of piperidine rings is 1. The number of amides is 2. The van der Waals surface area contributed by atoms with Crippen molar-refractivity contribution in [2.45, 2.75) is 19.3 Å². The van der Waals surface area contributed by atoms with Gasteiger partial charge in [0.1, 0.15) is 5.82 Å². The average Bonchev–Trinajstić information content (AvgIpc) is 2.28. The van der Waals surface area contributed by atoms with Crippen molar-refractivity contribution >= 4 is 23.5 Å². The normalized spacial score (nSPS) is 15.9. The molecule has 2 rings (SSSR count). The summed E-state index contributed by atoms with van der Waals surface area (Å²) in [4.78, 5) is 34.8. The SMILES string of the molecule is O=C(O)c1ccc(N2C(=O)CCCC2=O)cc1F. The number of imide groups is 1. The van der Waals surface area contributed by atoms with Crippen LogP contribution in [0.25, 0.3) is 0 Å². The van der Waals surface area contributed by atoms with E-state index < -0.39 is 29.2 Å². The van der Waals surface area contributed by atoms with Gasteiger partial charge in [0.15, 0.2) is 0 Å². The highest BCUT2D eigenvalue weighted by molar-refractivity contribution is 6.16. The van der Waals surface area contributed by atoms with Crippen molar-refractivity contribution in [1.29, 1.82) is 0 Å². The molecule has 0 bridgehead atoms. The Balaban J connectivity index is 2.39. The molecule has 1 aliphatic heterocycles. The molecule has 0 aromatic heterocycles. The maximum Gasteiger partial charge on any atom is 0.338 e. The minimum atomic E-state index is -1.39. The van der Waals surface area contributed by atoms with E-state index in [1.165, 1.54) is 6.07 Å². The number of carboxylic acids is 1. The molecule has 0 saturated carbocycles. The molecule has 0 unspecified atom stereocenters. The lowest BCUT2D eigenvalue weighted by Gasteiger charge is -2.24. The quantitative estimate of drug-likeness (QED) is 0.809. The third kappa shape index (κ3) is 2.09. The molecule has 18 heavy (non-hydrogen) atoms. The average molecular weight is 251 g/mol. The van der Waals surface area contributed by atoms with Crippen LogP contribution in [0.15, 0.2) is 18.2 Å². The highest BCUT2D eigenvalue weighted by Gasteiger charge is 2.28. The minimum absolute atomic E-state index is 0.0761. The lowest BCUT2D eigenvalue weighted by atomic mass is 10.1. The van der Waals surface area contributed by atoms with Gasteiger partial charge in [0.25, 0.3) is 0 Å². The summed E-state index contributed by atoms with van der Waals surface area (Å²) in [6.07, 6.45) is 0.950. The first-order chi connectivity index (χ1) is 8.50. The predicted octanol–water partition coefficient (Wildman–Crippen LogP) is 1.57.